The van der Waals surface area contributed by atoms with Crippen molar-refractivity contribution in [3.05, 3.63) is 98.5 Å². The van der Waals surface area contributed by atoms with Gasteiger partial charge in [-0.15, -0.1) is 0 Å². The summed E-state index contributed by atoms with van der Waals surface area (Å²) in [6.07, 6.45) is 0.884. The first kappa shape index (κ1) is 32.8. The normalized spacial score (nSPS) is 12.7. The van der Waals surface area contributed by atoms with E-state index in [9.17, 15) is 28.1 Å². The zero-order chi connectivity index (χ0) is 31.0. The van der Waals surface area contributed by atoms with Gasteiger partial charge >= 0.3 is 0 Å². The van der Waals surface area contributed by atoms with Crippen LogP contribution in [0.25, 0.3) is 0 Å². The molecule has 2 amide bonds. The van der Waals surface area contributed by atoms with Crippen molar-refractivity contribution in [3.8, 4) is 0 Å². The molecule has 10 nitrogen and oxygen atoms in total. The molecule has 3 rings (SSSR count). The number of amides is 2. The molecule has 0 saturated heterocycles. The maximum atomic E-state index is 14.1. The average molecular weight is 636 g/mol. The monoisotopic (exact) mass is 634 g/mol. The van der Waals surface area contributed by atoms with E-state index in [1.54, 1.807) is 43.3 Å². The lowest BCUT2D eigenvalue weighted by Crippen LogP contribution is -2.53. The Morgan fingerprint density at radius 3 is 2.05 bits per heavy atom. The molecule has 0 aromatic heterocycles. The van der Waals surface area contributed by atoms with Gasteiger partial charge in [0.15, 0.2) is 0 Å². The standard InChI is InChI=1S/C29H32Cl2N4O6S/c1-4-20(3)32-29(37)27(5-2)33(18-24-25(30)12-9-13-26(24)31)28(36)19-34(21-14-16-22(17-15-21)35(38)39)42(40,41)23-10-7-6-8-11-23/h6-17,20,27H,4-5,18-19H2,1-3H3,(H,32,37)/t20-,27+/m1/s1. The first-order valence-electron chi connectivity index (χ1n) is 13.3. The summed E-state index contributed by atoms with van der Waals surface area (Å²) >= 11 is 12.8. The van der Waals surface area contributed by atoms with Crippen LogP contribution in [0.1, 0.15) is 39.2 Å². The molecule has 13 heteroatoms. The molecule has 0 saturated carbocycles. The number of rotatable bonds is 13. The number of nitrogens with one attached hydrogen (secondary N) is 1. The molecule has 0 heterocycles. The third-order valence-electron chi connectivity index (χ3n) is 6.74. The summed E-state index contributed by atoms with van der Waals surface area (Å²) in [6, 6.07) is 16.0. The second kappa shape index (κ2) is 14.5. The van der Waals surface area contributed by atoms with Gasteiger partial charge in [-0.05, 0) is 56.2 Å². The van der Waals surface area contributed by atoms with E-state index in [1.165, 1.54) is 29.2 Å². The van der Waals surface area contributed by atoms with Crippen molar-refractivity contribution in [1.82, 2.24) is 10.2 Å². The van der Waals surface area contributed by atoms with Gasteiger partial charge in [0, 0.05) is 40.3 Å². The molecule has 0 unspecified atom stereocenters. The van der Waals surface area contributed by atoms with Crippen LogP contribution < -0.4 is 9.62 Å². The van der Waals surface area contributed by atoms with Crippen LogP contribution in [-0.4, -0.2) is 48.7 Å². The number of benzene rings is 3. The van der Waals surface area contributed by atoms with Crippen LogP contribution in [0.5, 0.6) is 0 Å². The Balaban J connectivity index is 2.11. The molecule has 0 aliphatic rings. The van der Waals surface area contributed by atoms with Gasteiger partial charge < -0.3 is 10.2 Å². The quantitative estimate of drug-likeness (QED) is 0.186. The number of carbonyl (C=O) groups is 2. The van der Waals surface area contributed by atoms with E-state index in [0.29, 0.717) is 12.0 Å². The fraction of sp³-hybridized carbons (Fsp3) is 0.310. The number of hydrogen-bond donors (Lipinski definition) is 1. The zero-order valence-electron chi connectivity index (χ0n) is 23.4. The summed E-state index contributed by atoms with van der Waals surface area (Å²) in [5, 5.41) is 14.7. The Labute approximate surface area is 255 Å². The Hall–Kier alpha value is -3.67. The molecule has 0 fully saturated rings. The summed E-state index contributed by atoms with van der Waals surface area (Å²) in [4.78, 5) is 39.3. The zero-order valence-corrected chi connectivity index (χ0v) is 25.7. The molecular formula is C29H32Cl2N4O6S. The minimum Gasteiger partial charge on any atom is -0.352 e. The van der Waals surface area contributed by atoms with Gasteiger partial charge in [-0.25, -0.2) is 8.42 Å². The highest BCUT2D eigenvalue weighted by Gasteiger charge is 2.34. The van der Waals surface area contributed by atoms with E-state index in [4.69, 9.17) is 23.2 Å². The molecule has 1 N–H and O–H groups in total. The SMILES string of the molecule is CC[C@@H](C)NC(=O)[C@H](CC)N(Cc1c(Cl)cccc1Cl)C(=O)CN(c1ccc([N+](=O)[O-])cc1)S(=O)(=O)c1ccccc1. The van der Waals surface area contributed by atoms with E-state index >= 15 is 0 Å². The maximum absolute atomic E-state index is 14.1. The van der Waals surface area contributed by atoms with Crippen molar-refractivity contribution >= 4 is 56.4 Å². The van der Waals surface area contributed by atoms with Gasteiger partial charge in [0.05, 0.1) is 15.5 Å². The van der Waals surface area contributed by atoms with Crippen molar-refractivity contribution in [2.75, 3.05) is 10.8 Å². The number of non-ortho nitro benzene ring substituents is 1. The van der Waals surface area contributed by atoms with Crippen molar-refractivity contribution in [3.63, 3.8) is 0 Å². The second-order valence-electron chi connectivity index (χ2n) is 9.56. The first-order valence-corrected chi connectivity index (χ1v) is 15.4. The molecule has 0 bridgehead atoms. The molecule has 2 atom stereocenters. The Morgan fingerprint density at radius 2 is 1.52 bits per heavy atom. The average Bonchev–Trinajstić information content (AvgIpc) is 2.97. The smallest absolute Gasteiger partial charge is 0.269 e. The first-order chi connectivity index (χ1) is 19.9. The predicted octanol–water partition coefficient (Wildman–Crippen LogP) is 5.82. The lowest BCUT2D eigenvalue weighted by atomic mass is 10.1. The molecule has 42 heavy (non-hydrogen) atoms. The molecule has 0 radical (unpaired) electrons. The third-order valence-corrected chi connectivity index (χ3v) is 9.23. The number of hydrogen-bond acceptors (Lipinski definition) is 6. The minimum atomic E-state index is -4.32. The summed E-state index contributed by atoms with van der Waals surface area (Å²) in [5.41, 5.74) is 0.187. The minimum absolute atomic E-state index is 0.0330. The lowest BCUT2D eigenvalue weighted by molar-refractivity contribution is -0.384. The highest BCUT2D eigenvalue weighted by Crippen LogP contribution is 2.29. The number of carbonyl (C=O) groups excluding carboxylic acids is 2. The molecule has 0 spiro atoms. The van der Waals surface area contributed by atoms with E-state index in [1.807, 2.05) is 13.8 Å². The second-order valence-corrected chi connectivity index (χ2v) is 12.2. The topological polar surface area (TPSA) is 130 Å². The van der Waals surface area contributed by atoms with E-state index < -0.39 is 39.3 Å². The maximum Gasteiger partial charge on any atom is 0.269 e. The van der Waals surface area contributed by atoms with Gasteiger partial charge in [0.25, 0.3) is 15.7 Å². The van der Waals surface area contributed by atoms with Gasteiger partial charge in [-0.2, -0.15) is 0 Å². The van der Waals surface area contributed by atoms with Gasteiger partial charge in [-0.1, -0.05) is 61.3 Å². The van der Waals surface area contributed by atoms with E-state index in [0.717, 1.165) is 16.4 Å². The van der Waals surface area contributed by atoms with Crippen molar-refractivity contribution in [2.24, 2.45) is 0 Å². The number of anilines is 1. The van der Waals surface area contributed by atoms with Crippen LogP contribution in [0, 0.1) is 10.1 Å². The summed E-state index contributed by atoms with van der Waals surface area (Å²) < 4.78 is 28.5. The van der Waals surface area contributed by atoms with Crippen LogP contribution in [0.2, 0.25) is 10.0 Å². The molecule has 3 aromatic carbocycles. The largest absolute Gasteiger partial charge is 0.352 e. The van der Waals surface area contributed by atoms with Crippen LogP contribution in [0.15, 0.2) is 77.7 Å². The van der Waals surface area contributed by atoms with Gasteiger partial charge in [-0.3, -0.25) is 24.0 Å². The Bertz CT molecular complexity index is 1500. The van der Waals surface area contributed by atoms with Crippen LogP contribution in [0.3, 0.4) is 0 Å². The van der Waals surface area contributed by atoms with Crippen LogP contribution >= 0.6 is 23.2 Å². The number of nitro groups is 1. The van der Waals surface area contributed by atoms with Gasteiger partial charge in [0.1, 0.15) is 12.6 Å². The summed E-state index contributed by atoms with van der Waals surface area (Å²) in [6.45, 7) is 4.62. The fourth-order valence-electron chi connectivity index (χ4n) is 4.20. The molecule has 224 valence electrons. The Kier molecular flexibility index (Phi) is 11.3. The number of halogens is 2. The van der Waals surface area contributed by atoms with Crippen molar-refractivity contribution in [1.29, 1.82) is 0 Å². The number of nitro benzene ring substituents is 1. The molecule has 3 aromatic rings. The van der Waals surface area contributed by atoms with E-state index in [-0.39, 0.29) is 45.3 Å². The van der Waals surface area contributed by atoms with Crippen molar-refractivity contribution in [2.45, 2.75) is 57.1 Å². The number of nitrogens with zero attached hydrogens (tertiary/aromatic N) is 3. The summed E-state index contributed by atoms with van der Waals surface area (Å²) in [5.74, 6) is -1.11. The summed E-state index contributed by atoms with van der Waals surface area (Å²) in [7, 11) is -4.32. The molecule has 0 aliphatic carbocycles. The van der Waals surface area contributed by atoms with E-state index in [2.05, 4.69) is 5.32 Å². The Morgan fingerprint density at radius 1 is 0.929 bits per heavy atom. The fourth-order valence-corrected chi connectivity index (χ4v) is 6.16. The van der Waals surface area contributed by atoms with Crippen molar-refractivity contribution < 1.29 is 22.9 Å². The molecule has 0 aliphatic heterocycles. The third kappa shape index (κ3) is 7.78. The van der Waals surface area contributed by atoms with Crippen LogP contribution in [0.4, 0.5) is 11.4 Å². The van der Waals surface area contributed by atoms with Gasteiger partial charge in [0.2, 0.25) is 11.8 Å². The van der Waals surface area contributed by atoms with Crippen LogP contribution in [-0.2, 0) is 26.2 Å². The molecular weight excluding hydrogens is 603 g/mol. The highest BCUT2D eigenvalue weighted by molar-refractivity contribution is 7.92. The predicted molar refractivity (Wildman–Crippen MR) is 163 cm³/mol. The highest BCUT2D eigenvalue weighted by atomic mass is 35.5. The lowest BCUT2D eigenvalue weighted by Gasteiger charge is -2.34. The number of sulfonamides is 1.